The molecule has 0 fully saturated rings. The number of hydrogen-bond donors (Lipinski definition) is 1. The molecule has 0 spiro atoms. The highest BCUT2D eigenvalue weighted by atomic mass is 16.5. The third-order valence-corrected chi connectivity index (χ3v) is 2.81. The second kappa shape index (κ2) is 6.52. The van der Waals surface area contributed by atoms with Gasteiger partial charge in [-0.2, -0.15) is 0 Å². The van der Waals surface area contributed by atoms with Crippen LogP contribution in [0.3, 0.4) is 0 Å². The molecule has 0 atom stereocenters. The van der Waals surface area contributed by atoms with Crippen LogP contribution in [0, 0.1) is 0 Å². The van der Waals surface area contributed by atoms with Crippen molar-refractivity contribution in [2.24, 2.45) is 5.73 Å². The topological polar surface area (TPSA) is 69.4 Å². The fraction of sp³-hybridized carbons (Fsp3) is 0.125. The summed E-state index contributed by atoms with van der Waals surface area (Å²) in [6, 6.07) is 15.6. The standard InChI is InChI=1S/C16H15NO3/c17-16(19)13-7-4-8-14(11-13)20-10-9-15(18)12-5-2-1-3-6-12/h1-8,11H,9-10H2,(H2,17,19). The van der Waals surface area contributed by atoms with Crippen LogP contribution >= 0.6 is 0 Å². The van der Waals surface area contributed by atoms with Gasteiger partial charge in [0.1, 0.15) is 5.75 Å². The second-order valence-electron chi connectivity index (χ2n) is 4.28. The van der Waals surface area contributed by atoms with E-state index in [2.05, 4.69) is 0 Å². The Kier molecular flexibility index (Phi) is 4.50. The Labute approximate surface area is 117 Å². The Morgan fingerprint density at radius 2 is 1.65 bits per heavy atom. The van der Waals surface area contributed by atoms with Gasteiger partial charge in [-0.3, -0.25) is 9.59 Å². The Morgan fingerprint density at radius 1 is 0.950 bits per heavy atom. The van der Waals surface area contributed by atoms with Crippen molar-refractivity contribution in [2.45, 2.75) is 6.42 Å². The van der Waals surface area contributed by atoms with Gasteiger partial charge < -0.3 is 10.5 Å². The summed E-state index contributed by atoms with van der Waals surface area (Å²) in [5.41, 5.74) is 6.24. The summed E-state index contributed by atoms with van der Waals surface area (Å²) in [5, 5.41) is 0. The number of carbonyl (C=O) groups excluding carboxylic acids is 2. The van der Waals surface area contributed by atoms with Gasteiger partial charge in [0.25, 0.3) is 0 Å². The van der Waals surface area contributed by atoms with Crippen molar-refractivity contribution in [3.05, 3.63) is 65.7 Å². The number of amides is 1. The van der Waals surface area contributed by atoms with Gasteiger partial charge in [-0.25, -0.2) is 0 Å². The molecule has 2 N–H and O–H groups in total. The molecule has 2 aromatic carbocycles. The third kappa shape index (κ3) is 3.68. The lowest BCUT2D eigenvalue weighted by atomic mass is 10.1. The molecule has 20 heavy (non-hydrogen) atoms. The highest BCUT2D eigenvalue weighted by Crippen LogP contribution is 2.13. The number of rotatable bonds is 6. The summed E-state index contributed by atoms with van der Waals surface area (Å²) in [6.45, 7) is 0.260. The fourth-order valence-corrected chi connectivity index (χ4v) is 1.77. The van der Waals surface area contributed by atoms with E-state index in [0.717, 1.165) is 0 Å². The normalized spacial score (nSPS) is 10.0. The molecule has 2 rings (SSSR count). The Balaban J connectivity index is 1.89. The summed E-state index contributed by atoms with van der Waals surface area (Å²) in [6.07, 6.45) is 0.283. The van der Waals surface area contributed by atoms with E-state index in [1.54, 1.807) is 36.4 Å². The van der Waals surface area contributed by atoms with E-state index >= 15 is 0 Å². The smallest absolute Gasteiger partial charge is 0.248 e. The molecule has 4 nitrogen and oxygen atoms in total. The number of ketones is 1. The molecule has 2 aromatic rings. The van der Waals surface area contributed by atoms with Gasteiger partial charge in [-0.05, 0) is 18.2 Å². The quantitative estimate of drug-likeness (QED) is 0.819. The fourth-order valence-electron chi connectivity index (χ4n) is 1.77. The van der Waals surface area contributed by atoms with Crippen LogP contribution in [0.2, 0.25) is 0 Å². The molecular weight excluding hydrogens is 254 g/mol. The van der Waals surface area contributed by atoms with E-state index < -0.39 is 5.91 Å². The van der Waals surface area contributed by atoms with Crippen LogP contribution in [0.1, 0.15) is 27.1 Å². The van der Waals surface area contributed by atoms with Gasteiger partial charge in [-0.1, -0.05) is 36.4 Å². The maximum absolute atomic E-state index is 11.9. The average molecular weight is 269 g/mol. The van der Waals surface area contributed by atoms with Crippen LogP contribution in [-0.2, 0) is 0 Å². The van der Waals surface area contributed by atoms with E-state index in [-0.39, 0.29) is 18.8 Å². The molecule has 0 radical (unpaired) electrons. The van der Waals surface area contributed by atoms with Crippen LogP contribution in [-0.4, -0.2) is 18.3 Å². The minimum Gasteiger partial charge on any atom is -0.493 e. The lowest BCUT2D eigenvalue weighted by Crippen LogP contribution is -2.11. The van der Waals surface area contributed by atoms with Gasteiger partial charge in [0.15, 0.2) is 5.78 Å². The zero-order valence-electron chi connectivity index (χ0n) is 10.9. The van der Waals surface area contributed by atoms with Crippen LogP contribution < -0.4 is 10.5 Å². The van der Waals surface area contributed by atoms with E-state index in [9.17, 15) is 9.59 Å². The number of benzene rings is 2. The van der Waals surface area contributed by atoms with Crippen LogP contribution in [0.15, 0.2) is 54.6 Å². The maximum Gasteiger partial charge on any atom is 0.248 e. The predicted molar refractivity (Wildman–Crippen MR) is 75.8 cm³/mol. The molecule has 0 aliphatic carbocycles. The van der Waals surface area contributed by atoms with Crippen molar-refractivity contribution < 1.29 is 14.3 Å². The van der Waals surface area contributed by atoms with Crippen molar-refractivity contribution >= 4 is 11.7 Å². The predicted octanol–water partition coefficient (Wildman–Crippen LogP) is 2.44. The van der Waals surface area contributed by atoms with Crippen molar-refractivity contribution in [1.29, 1.82) is 0 Å². The maximum atomic E-state index is 11.9. The average Bonchev–Trinajstić information content (AvgIpc) is 2.48. The first-order chi connectivity index (χ1) is 9.66. The summed E-state index contributed by atoms with van der Waals surface area (Å²) in [7, 11) is 0. The highest BCUT2D eigenvalue weighted by Gasteiger charge is 2.06. The van der Waals surface area contributed by atoms with Crippen molar-refractivity contribution in [1.82, 2.24) is 0 Å². The summed E-state index contributed by atoms with van der Waals surface area (Å²) >= 11 is 0. The molecule has 0 saturated heterocycles. The van der Waals surface area contributed by atoms with Crippen molar-refractivity contribution in [3.63, 3.8) is 0 Å². The van der Waals surface area contributed by atoms with E-state index in [1.807, 2.05) is 18.2 Å². The first kappa shape index (κ1) is 13.8. The molecule has 0 saturated carbocycles. The van der Waals surface area contributed by atoms with Gasteiger partial charge in [0.2, 0.25) is 5.91 Å². The largest absolute Gasteiger partial charge is 0.493 e. The lowest BCUT2D eigenvalue weighted by molar-refractivity contribution is 0.0958. The molecule has 4 heteroatoms. The number of carbonyl (C=O) groups is 2. The number of nitrogens with two attached hydrogens (primary N) is 1. The molecule has 0 aliphatic rings. The zero-order valence-corrected chi connectivity index (χ0v) is 10.9. The SMILES string of the molecule is NC(=O)c1cccc(OCCC(=O)c2ccccc2)c1. The van der Waals surface area contributed by atoms with Gasteiger partial charge in [-0.15, -0.1) is 0 Å². The Hall–Kier alpha value is -2.62. The van der Waals surface area contributed by atoms with Crippen LogP contribution in [0.5, 0.6) is 5.75 Å². The molecule has 0 aliphatic heterocycles. The Morgan fingerprint density at radius 3 is 2.35 bits per heavy atom. The molecule has 102 valence electrons. The van der Waals surface area contributed by atoms with Crippen LogP contribution in [0.4, 0.5) is 0 Å². The number of Topliss-reactive ketones (excluding diaryl/α,β-unsaturated/α-hetero) is 1. The minimum atomic E-state index is -0.504. The van der Waals surface area contributed by atoms with E-state index in [4.69, 9.17) is 10.5 Å². The van der Waals surface area contributed by atoms with Gasteiger partial charge in [0.05, 0.1) is 6.61 Å². The molecular formula is C16H15NO3. The number of primary amides is 1. The number of hydrogen-bond acceptors (Lipinski definition) is 3. The summed E-state index contributed by atoms with van der Waals surface area (Å²) in [4.78, 5) is 22.9. The number of ether oxygens (including phenoxy) is 1. The van der Waals surface area contributed by atoms with E-state index in [1.165, 1.54) is 0 Å². The van der Waals surface area contributed by atoms with Crippen molar-refractivity contribution in [2.75, 3.05) is 6.61 Å². The summed E-state index contributed by atoms with van der Waals surface area (Å²) in [5.74, 6) is 0.0506. The molecule has 0 unspecified atom stereocenters. The Bertz CT molecular complexity index is 608. The van der Waals surface area contributed by atoms with Gasteiger partial charge >= 0.3 is 0 Å². The zero-order chi connectivity index (χ0) is 14.4. The third-order valence-electron chi connectivity index (χ3n) is 2.81. The highest BCUT2D eigenvalue weighted by molar-refractivity contribution is 5.96. The molecule has 1 amide bonds. The second-order valence-corrected chi connectivity index (χ2v) is 4.28. The molecule has 0 aromatic heterocycles. The van der Waals surface area contributed by atoms with Gasteiger partial charge in [0, 0.05) is 17.5 Å². The summed E-state index contributed by atoms with van der Waals surface area (Å²) < 4.78 is 5.46. The monoisotopic (exact) mass is 269 g/mol. The first-order valence-electron chi connectivity index (χ1n) is 6.28. The van der Waals surface area contributed by atoms with E-state index in [0.29, 0.717) is 16.9 Å². The molecule has 0 heterocycles. The first-order valence-corrected chi connectivity index (χ1v) is 6.28. The minimum absolute atomic E-state index is 0.0247. The van der Waals surface area contributed by atoms with Crippen LogP contribution in [0.25, 0.3) is 0 Å². The molecule has 0 bridgehead atoms. The van der Waals surface area contributed by atoms with Crippen molar-refractivity contribution in [3.8, 4) is 5.75 Å². The lowest BCUT2D eigenvalue weighted by Gasteiger charge is -2.06.